The van der Waals surface area contributed by atoms with Crippen molar-refractivity contribution in [2.45, 2.75) is 13.3 Å². The minimum Gasteiger partial charge on any atom is -0.493 e. The van der Waals surface area contributed by atoms with Crippen LogP contribution in [0.5, 0.6) is 5.75 Å². The fraction of sp³-hybridized carbons (Fsp3) is 0.526. The minimum atomic E-state index is -0.0376. The van der Waals surface area contributed by atoms with E-state index >= 15 is 0 Å². The number of furan rings is 1. The Morgan fingerprint density at radius 3 is 2.80 bits per heavy atom. The first-order valence-corrected chi connectivity index (χ1v) is 8.72. The van der Waals surface area contributed by atoms with Gasteiger partial charge in [-0.15, -0.1) is 0 Å². The Morgan fingerprint density at radius 1 is 1.20 bits per heavy atom. The molecule has 1 aliphatic rings. The SMILES string of the molecule is COCCN1CCCN(C(=O)c2oc3c(OC)cccc3c2C)CC1. The van der Waals surface area contributed by atoms with E-state index in [0.717, 1.165) is 50.2 Å². The van der Waals surface area contributed by atoms with Gasteiger partial charge in [0, 0.05) is 44.2 Å². The van der Waals surface area contributed by atoms with Crippen LogP contribution in [-0.2, 0) is 4.74 Å². The zero-order valence-electron chi connectivity index (χ0n) is 15.2. The average molecular weight is 346 g/mol. The topological polar surface area (TPSA) is 55.2 Å². The van der Waals surface area contributed by atoms with Crippen LogP contribution in [0, 0.1) is 6.92 Å². The third-order valence-electron chi connectivity index (χ3n) is 4.83. The minimum absolute atomic E-state index is 0.0376. The fourth-order valence-corrected chi connectivity index (χ4v) is 3.34. The summed E-state index contributed by atoms with van der Waals surface area (Å²) in [5.41, 5.74) is 1.52. The van der Waals surface area contributed by atoms with Gasteiger partial charge in [0.15, 0.2) is 17.1 Å². The maximum atomic E-state index is 13.0. The maximum absolute atomic E-state index is 13.0. The summed E-state index contributed by atoms with van der Waals surface area (Å²) < 4.78 is 16.4. The van der Waals surface area contributed by atoms with Gasteiger partial charge >= 0.3 is 0 Å². The van der Waals surface area contributed by atoms with E-state index in [1.807, 2.05) is 30.0 Å². The lowest BCUT2D eigenvalue weighted by Crippen LogP contribution is -2.36. The Hall–Kier alpha value is -2.05. The molecule has 6 nitrogen and oxygen atoms in total. The van der Waals surface area contributed by atoms with Gasteiger partial charge in [-0.05, 0) is 26.0 Å². The summed E-state index contributed by atoms with van der Waals surface area (Å²) in [6.07, 6.45) is 0.956. The van der Waals surface area contributed by atoms with Crippen LogP contribution in [0.25, 0.3) is 11.0 Å². The van der Waals surface area contributed by atoms with Gasteiger partial charge < -0.3 is 18.8 Å². The van der Waals surface area contributed by atoms with E-state index in [2.05, 4.69) is 4.90 Å². The van der Waals surface area contributed by atoms with Crippen molar-refractivity contribution in [1.29, 1.82) is 0 Å². The molecule has 2 aromatic rings. The second-order valence-electron chi connectivity index (χ2n) is 6.37. The molecule has 1 aromatic heterocycles. The molecule has 2 heterocycles. The van der Waals surface area contributed by atoms with Crippen LogP contribution in [0.4, 0.5) is 0 Å². The van der Waals surface area contributed by atoms with Gasteiger partial charge in [-0.25, -0.2) is 0 Å². The zero-order valence-corrected chi connectivity index (χ0v) is 15.2. The fourth-order valence-electron chi connectivity index (χ4n) is 3.34. The number of methoxy groups -OCH3 is 2. The number of carbonyl (C=O) groups excluding carboxylic acids is 1. The van der Waals surface area contributed by atoms with E-state index < -0.39 is 0 Å². The highest BCUT2D eigenvalue weighted by atomic mass is 16.5. The van der Waals surface area contributed by atoms with Crippen LogP contribution in [-0.4, -0.2) is 69.3 Å². The molecule has 1 amide bonds. The van der Waals surface area contributed by atoms with Gasteiger partial charge in [0.05, 0.1) is 13.7 Å². The lowest BCUT2D eigenvalue weighted by atomic mass is 10.1. The van der Waals surface area contributed by atoms with Crippen molar-refractivity contribution < 1.29 is 18.7 Å². The molecule has 0 bridgehead atoms. The summed E-state index contributed by atoms with van der Waals surface area (Å²) in [6, 6.07) is 5.72. The molecule has 25 heavy (non-hydrogen) atoms. The molecule has 0 aliphatic carbocycles. The Balaban J connectivity index is 1.79. The van der Waals surface area contributed by atoms with Crippen LogP contribution in [0.2, 0.25) is 0 Å². The summed E-state index contributed by atoms with van der Waals surface area (Å²) in [5.74, 6) is 1.04. The molecule has 1 fully saturated rings. The average Bonchev–Trinajstić information content (AvgIpc) is 2.82. The number of amides is 1. The lowest BCUT2D eigenvalue weighted by Gasteiger charge is -2.21. The van der Waals surface area contributed by atoms with Crippen LogP contribution in [0.3, 0.4) is 0 Å². The number of nitrogens with zero attached hydrogens (tertiary/aromatic N) is 2. The van der Waals surface area contributed by atoms with E-state index in [0.29, 0.717) is 23.6 Å². The highest BCUT2D eigenvalue weighted by Gasteiger charge is 2.26. The molecule has 0 atom stereocenters. The predicted molar refractivity (Wildman–Crippen MR) is 96.3 cm³/mol. The highest BCUT2D eigenvalue weighted by molar-refractivity contribution is 6.00. The first-order chi connectivity index (χ1) is 12.2. The highest BCUT2D eigenvalue weighted by Crippen LogP contribution is 2.32. The van der Waals surface area contributed by atoms with Crippen LogP contribution < -0.4 is 4.74 Å². The standard InChI is InChI=1S/C19H26N2O4/c1-14-15-6-4-7-16(24-3)18(15)25-17(14)19(22)21-9-5-8-20(10-11-21)12-13-23-2/h4,6-7H,5,8-13H2,1-3H3. The van der Waals surface area contributed by atoms with Crippen LogP contribution >= 0.6 is 0 Å². The molecule has 1 saturated heterocycles. The van der Waals surface area contributed by atoms with Gasteiger partial charge in [0.1, 0.15) is 0 Å². The molecule has 1 aromatic carbocycles. The van der Waals surface area contributed by atoms with Crippen molar-refractivity contribution in [2.75, 3.05) is 53.6 Å². The van der Waals surface area contributed by atoms with Gasteiger partial charge in [-0.1, -0.05) is 12.1 Å². The number of carbonyl (C=O) groups is 1. The van der Waals surface area contributed by atoms with Crippen molar-refractivity contribution in [3.63, 3.8) is 0 Å². The van der Waals surface area contributed by atoms with Crippen LogP contribution in [0.1, 0.15) is 22.5 Å². The number of hydrogen-bond donors (Lipinski definition) is 0. The number of aryl methyl sites for hydroxylation is 1. The molecule has 1 aliphatic heterocycles. The first kappa shape index (κ1) is 17.8. The third-order valence-corrected chi connectivity index (χ3v) is 4.83. The predicted octanol–water partition coefficient (Wildman–Crippen LogP) is 2.54. The quantitative estimate of drug-likeness (QED) is 0.833. The van der Waals surface area contributed by atoms with E-state index in [1.165, 1.54) is 0 Å². The van der Waals surface area contributed by atoms with Gasteiger partial charge in [-0.2, -0.15) is 0 Å². The summed E-state index contributed by atoms with van der Waals surface area (Å²) in [4.78, 5) is 17.2. The third kappa shape index (κ3) is 3.65. The summed E-state index contributed by atoms with van der Waals surface area (Å²) in [5, 5.41) is 0.930. The van der Waals surface area contributed by atoms with Crippen molar-refractivity contribution in [3.05, 3.63) is 29.5 Å². The normalized spacial score (nSPS) is 16.2. The molecule has 0 spiro atoms. The summed E-state index contributed by atoms with van der Waals surface area (Å²) in [6.45, 7) is 6.85. The molecule has 0 N–H and O–H groups in total. The van der Waals surface area contributed by atoms with Crippen molar-refractivity contribution in [2.24, 2.45) is 0 Å². The number of ether oxygens (including phenoxy) is 2. The van der Waals surface area contributed by atoms with Gasteiger partial charge in [0.25, 0.3) is 5.91 Å². The van der Waals surface area contributed by atoms with E-state index in [9.17, 15) is 4.79 Å². The van der Waals surface area contributed by atoms with Gasteiger partial charge in [-0.3, -0.25) is 9.69 Å². The molecule has 0 saturated carbocycles. The zero-order chi connectivity index (χ0) is 17.8. The van der Waals surface area contributed by atoms with Crippen molar-refractivity contribution >= 4 is 16.9 Å². The largest absolute Gasteiger partial charge is 0.493 e. The maximum Gasteiger partial charge on any atom is 0.289 e. The molecule has 136 valence electrons. The van der Waals surface area contributed by atoms with E-state index in [1.54, 1.807) is 14.2 Å². The molecular weight excluding hydrogens is 320 g/mol. The smallest absolute Gasteiger partial charge is 0.289 e. The molecule has 0 unspecified atom stereocenters. The summed E-state index contributed by atoms with van der Waals surface area (Å²) >= 11 is 0. The Morgan fingerprint density at radius 2 is 2.04 bits per heavy atom. The number of para-hydroxylation sites is 1. The van der Waals surface area contributed by atoms with E-state index in [4.69, 9.17) is 13.9 Å². The van der Waals surface area contributed by atoms with Crippen LogP contribution in [0.15, 0.2) is 22.6 Å². The number of rotatable bonds is 5. The Kier molecular flexibility index (Phi) is 5.60. The second kappa shape index (κ2) is 7.89. The second-order valence-corrected chi connectivity index (χ2v) is 6.37. The number of benzene rings is 1. The molecule has 0 radical (unpaired) electrons. The number of fused-ring (bicyclic) bond motifs is 1. The van der Waals surface area contributed by atoms with E-state index in [-0.39, 0.29) is 5.91 Å². The van der Waals surface area contributed by atoms with Crippen molar-refractivity contribution in [3.8, 4) is 5.75 Å². The monoisotopic (exact) mass is 346 g/mol. The Bertz CT molecular complexity index is 740. The molecular formula is C19H26N2O4. The first-order valence-electron chi connectivity index (χ1n) is 8.72. The Labute approximate surface area is 148 Å². The van der Waals surface area contributed by atoms with Gasteiger partial charge in [0.2, 0.25) is 0 Å². The number of hydrogen-bond acceptors (Lipinski definition) is 5. The summed E-state index contributed by atoms with van der Waals surface area (Å²) in [7, 11) is 3.32. The molecule has 6 heteroatoms. The lowest BCUT2D eigenvalue weighted by molar-refractivity contribution is 0.0728. The molecule has 3 rings (SSSR count). The van der Waals surface area contributed by atoms with Crippen molar-refractivity contribution in [1.82, 2.24) is 9.80 Å².